The average Bonchev–Trinajstić information content (AvgIpc) is 3.00. The number of ether oxygens (including phenoxy) is 1. The number of benzene rings is 1. The minimum Gasteiger partial charge on any atom is -0.504 e. The number of phenols is 1. The van der Waals surface area contributed by atoms with Crippen molar-refractivity contribution in [2.75, 3.05) is 26.2 Å². The standard InChI is InChI=1S/C19H29N3O2/c1-3-20-18(22-11-10-19(14-22)8-5-9-19)21-13-15-6-7-16(23)17(12-15)24-4-2/h6-7,12,23H,3-5,8-11,13-14H2,1-2H3,(H,20,21). The minimum atomic E-state index is 0.183. The molecule has 132 valence electrons. The van der Waals surface area contributed by atoms with E-state index in [0.717, 1.165) is 31.2 Å². The molecule has 0 atom stereocenters. The molecule has 24 heavy (non-hydrogen) atoms. The molecule has 0 aromatic heterocycles. The summed E-state index contributed by atoms with van der Waals surface area (Å²) >= 11 is 0. The molecule has 2 aliphatic rings. The lowest BCUT2D eigenvalue weighted by atomic mass is 9.68. The Hall–Kier alpha value is -1.91. The molecule has 2 N–H and O–H groups in total. The summed E-state index contributed by atoms with van der Waals surface area (Å²) in [4.78, 5) is 7.22. The van der Waals surface area contributed by atoms with E-state index in [1.807, 2.05) is 19.1 Å². The smallest absolute Gasteiger partial charge is 0.194 e. The number of phenolic OH excluding ortho intramolecular Hbond substituents is 1. The number of nitrogens with zero attached hydrogens (tertiary/aromatic N) is 2. The Morgan fingerprint density at radius 1 is 1.33 bits per heavy atom. The second kappa shape index (κ2) is 7.32. The lowest BCUT2D eigenvalue weighted by Crippen LogP contribution is -2.42. The topological polar surface area (TPSA) is 57.1 Å². The highest BCUT2D eigenvalue weighted by Crippen LogP contribution is 2.47. The van der Waals surface area contributed by atoms with Gasteiger partial charge in [-0.3, -0.25) is 0 Å². The Morgan fingerprint density at radius 3 is 2.79 bits per heavy atom. The molecule has 0 bridgehead atoms. The number of rotatable bonds is 5. The Labute approximate surface area is 144 Å². The highest BCUT2D eigenvalue weighted by molar-refractivity contribution is 5.80. The van der Waals surface area contributed by atoms with Gasteiger partial charge in [0.2, 0.25) is 0 Å². The highest BCUT2D eigenvalue weighted by Gasteiger charge is 2.43. The van der Waals surface area contributed by atoms with Gasteiger partial charge < -0.3 is 20.1 Å². The number of likely N-dealkylation sites (tertiary alicyclic amines) is 1. The minimum absolute atomic E-state index is 0.183. The van der Waals surface area contributed by atoms with Crippen LogP contribution in [0, 0.1) is 5.41 Å². The second-order valence-electron chi connectivity index (χ2n) is 6.93. The molecule has 0 unspecified atom stereocenters. The second-order valence-corrected chi connectivity index (χ2v) is 6.93. The highest BCUT2D eigenvalue weighted by atomic mass is 16.5. The monoisotopic (exact) mass is 331 g/mol. The van der Waals surface area contributed by atoms with Crippen LogP contribution < -0.4 is 10.1 Å². The molecule has 1 aliphatic heterocycles. The Morgan fingerprint density at radius 2 is 2.17 bits per heavy atom. The number of guanidine groups is 1. The van der Waals surface area contributed by atoms with Crippen LogP contribution in [0.3, 0.4) is 0 Å². The average molecular weight is 331 g/mol. The largest absolute Gasteiger partial charge is 0.504 e. The van der Waals surface area contributed by atoms with E-state index >= 15 is 0 Å². The predicted octanol–water partition coefficient (Wildman–Crippen LogP) is 3.13. The van der Waals surface area contributed by atoms with E-state index in [1.54, 1.807) is 6.07 Å². The third-order valence-electron chi connectivity index (χ3n) is 5.22. The number of aromatic hydroxyl groups is 1. The quantitative estimate of drug-likeness (QED) is 0.643. The molecular weight excluding hydrogens is 302 g/mol. The Kier molecular flexibility index (Phi) is 5.17. The van der Waals surface area contributed by atoms with Crippen LogP contribution in [0.1, 0.15) is 45.1 Å². The molecule has 1 saturated carbocycles. The molecule has 0 amide bonds. The molecule has 3 rings (SSSR count). The van der Waals surface area contributed by atoms with Crippen LogP contribution in [-0.4, -0.2) is 42.2 Å². The summed E-state index contributed by atoms with van der Waals surface area (Å²) in [5.74, 6) is 1.72. The first kappa shape index (κ1) is 16.9. The van der Waals surface area contributed by atoms with Crippen molar-refractivity contribution in [3.63, 3.8) is 0 Å². The first-order chi connectivity index (χ1) is 11.7. The van der Waals surface area contributed by atoms with Gasteiger partial charge in [0.1, 0.15) is 0 Å². The van der Waals surface area contributed by atoms with Crippen molar-refractivity contribution in [2.45, 2.75) is 46.1 Å². The summed E-state index contributed by atoms with van der Waals surface area (Å²) in [7, 11) is 0. The van der Waals surface area contributed by atoms with Gasteiger partial charge in [-0.15, -0.1) is 0 Å². The van der Waals surface area contributed by atoms with Gasteiger partial charge in [0.05, 0.1) is 13.2 Å². The third kappa shape index (κ3) is 3.60. The van der Waals surface area contributed by atoms with Gasteiger partial charge in [-0.25, -0.2) is 4.99 Å². The van der Waals surface area contributed by atoms with E-state index in [4.69, 9.17) is 9.73 Å². The van der Waals surface area contributed by atoms with E-state index in [1.165, 1.54) is 25.7 Å². The third-order valence-corrected chi connectivity index (χ3v) is 5.22. The molecule has 5 nitrogen and oxygen atoms in total. The summed E-state index contributed by atoms with van der Waals surface area (Å²) in [5, 5.41) is 13.2. The van der Waals surface area contributed by atoms with Crippen LogP contribution in [0.2, 0.25) is 0 Å². The maximum atomic E-state index is 9.81. The summed E-state index contributed by atoms with van der Waals surface area (Å²) < 4.78 is 5.46. The summed E-state index contributed by atoms with van der Waals surface area (Å²) in [5.41, 5.74) is 1.61. The summed E-state index contributed by atoms with van der Waals surface area (Å²) in [6.07, 6.45) is 5.43. The zero-order valence-corrected chi connectivity index (χ0v) is 14.8. The fourth-order valence-corrected chi connectivity index (χ4v) is 3.72. The van der Waals surface area contributed by atoms with Crippen LogP contribution in [0.25, 0.3) is 0 Å². The van der Waals surface area contributed by atoms with E-state index in [-0.39, 0.29) is 5.75 Å². The molecule has 1 aromatic rings. The van der Waals surface area contributed by atoms with Crippen molar-refractivity contribution >= 4 is 5.96 Å². The van der Waals surface area contributed by atoms with Gasteiger partial charge in [-0.05, 0) is 56.2 Å². The van der Waals surface area contributed by atoms with Crippen LogP contribution in [0.15, 0.2) is 23.2 Å². The van der Waals surface area contributed by atoms with Crippen LogP contribution in [-0.2, 0) is 6.54 Å². The molecule has 1 aromatic carbocycles. The van der Waals surface area contributed by atoms with Crippen molar-refractivity contribution in [1.82, 2.24) is 10.2 Å². The molecule has 1 spiro atoms. The lowest BCUT2D eigenvalue weighted by molar-refractivity contribution is 0.151. The van der Waals surface area contributed by atoms with Gasteiger partial charge in [-0.1, -0.05) is 12.5 Å². The predicted molar refractivity (Wildman–Crippen MR) is 96.6 cm³/mol. The van der Waals surface area contributed by atoms with Gasteiger partial charge in [0.15, 0.2) is 17.5 Å². The lowest BCUT2D eigenvalue weighted by Gasteiger charge is -2.38. The van der Waals surface area contributed by atoms with Gasteiger partial charge in [0.25, 0.3) is 0 Å². The van der Waals surface area contributed by atoms with Crippen LogP contribution in [0.5, 0.6) is 11.5 Å². The van der Waals surface area contributed by atoms with Crippen molar-refractivity contribution in [3.05, 3.63) is 23.8 Å². The first-order valence-corrected chi connectivity index (χ1v) is 9.14. The fourth-order valence-electron chi connectivity index (χ4n) is 3.72. The van der Waals surface area contributed by atoms with Crippen LogP contribution in [0.4, 0.5) is 0 Å². The molecule has 0 radical (unpaired) electrons. The maximum Gasteiger partial charge on any atom is 0.194 e. The molecule has 1 aliphatic carbocycles. The first-order valence-electron chi connectivity index (χ1n) is 9.14. The zero-order valence-electron chi connectivity index (χ0n) is 14.8. The van der Waals surface area contributed by atoms with Crippen molar-refractivity contribution < 1.29 is 9.84 Å². The number of hydrogen-bond donors (Lipinski definition) is 2. The van der Waals surface area contributed by atoms with E-state index in [0.29, 0.717) is 24.3 Å². The molecule has 1 heterocycles. The SMILES string of the molecule is CCNC(=NCc1ccc(O)c(OCC)c1)N1CCC2(CCC2)C1. The summed E-state index contributed by atoms with van der Waals surface area (Å²) in [6.45, 7) is 8.27. The van der Waals surface area contributed by atoms with E-state index < -0.39 is 0 Å². The number of hydrogen-bond acceptors (Lipinski definition) is 3. The summed E-state index contributed by atoms with van der Waals surface area (Å²) in [6, 6.07) is 5.47. The van der Waals surface area contributed by atoms with E-state index in [2.05, 4.69) is 17.1 Å². The molecular formula is C19H29N3O2. The van der Waals surface area contributed by atoms with Gasteiger partial charge >= 0.3 is 0 Å². The Balaban J connectivity index is 1.69. The van der Waals surface area contributed by atoms with E-state index in [9.17, 15) is 5.11 Å². The normalized spacial score (nSPS) is 19.4. The van der Waals surface area contributed by atoms with Gasteiger partial charge in [-0.2, -0.15) is 0 Å². The van der Waals surface area contributed by atoms with Crippen LogP contribution >= 0.6 is 0 Å². The van der Waals surface area contributed by atoms with Crippen molar-refractivity contribution in [3.8, 4) is 11.5 Å². The van der Waals surface area contributed by atoms with Crippen molar-refractivity contribution in [1.29, 1.82) is 0 Å². The molecule has 1 saturated heterocycles. The zero-order chi connectivity index (χ0) is 17.0. The maximum absolute atomic E-state index is 9.81. The fraction of sp³-hybridized carbons (Fsp3) is 0.632. The van der Waals surface area contributed by atoms with Crippen molar-refractivity contribution in [2.24, 2.45) is 10.4 Å². The van der Waals surface area contributed by atoms with Gasteiger partial charge in [0, 0.05) is 19.6 Å². The molecule has 5 heteroatoms. The Bertz CT molecular complexity index is 596. The number of aliphatic imine (C=N–C) groups is 1. The number of nitrogens with one attached hydrogen (secondary N) is 1. The molecule has 2 fully saturated rings.